The van der Waals surface area contributed by atoms with Crippen LogP contribution in [0.5, 0.6) is 5.75 Å². The van der Waals surface area contributed by atoms with E-state index in [1.54, 1.807) is 6.07 Å². The van der Waals surface area contributed by atoms with Crippen LogP contribution in [0.15, 0.2) is 29.8 Å². The van der Waals surface area contributed by atoms with Gasteiger partial charge in [0.05, 0.1) is 0 Å². The van der Waals surface area contributed by atoms with Crippen LogP contribution < -0.4 is 6.15 Å². The summed E-state index contributed by atoms with van der Waals surface area (Å²) in [4.78, 5) is 10.5. The van der Waals surface area contributed by atoms with Gasteiger partial charge in [0.15, 0.2) is 0 Å². The first-order valence-electron chi connectivity index (χ1n) is 3.77. The van der Waals surface area contributed by atoms with E-state index in [0.29, 0.717) is 5.56 Å². The van der Waals surface area contributed by atoms with Gasteiger partial charge in [-0.1, -0.05) is 12.1 Å². The van der Waals surface area contributed by atoms with Crippen molar-refractivity contribution in [2.75, 3.05) is 0 Å². The fraction of sp³-hybridized carbons (Fsp3) is 0. The van der Waals surface area contributed by atoms with Gasteiger partial charge in [0.1, 0.15) is 17.4 Å². The average molecular weight is 207 g/mol. The Bertz CT molecular complexity index is 415. The molecule has 0 saturated carbocycles. The molecule has 1 rings (SSSR count). The molecule has 0 saturated heterocycles. The van der Waals surface area contributed by atoms with Crippen LogP contribution in [0.2, 0.25) is 0 Å². The molecule has 1 aromatic rings. The molecule has 0 fully saturated rings. The predicted octanol–water partition coefficient (Wildman–Crippen LogP) is 1.76. The zero-order chi connectivity index (χ0) is 10.6. The summed E-state index contributed by atoms with van der Waals surface area (Å²) in [6.07, 6.45) is 1.24. The third kappa shape index (κ3) is 3.50. The van der Waals surface area contributed by atoms with Crippen LogP contribution in [0.4, 0.5) is 0 Å². The maximum atomic E-state index is 10.5. The molecular formula is C10H11N2O3+. The molecule has 1 aromatic carbocycles. The SMILES string of the molecule is N#C/C(=C\c1ccc(O)cc1)C(=O)O.[NH4+]. The maximum Gasteiger partial charge on any atom is 0.346 e. The lowest BCUT2D eigenvalue weighted by molar-refractivity contribution is -0.132. The summed E-state index contributed by atoms with van der Waals surface area (Å²) in [6.45, 7) is 0. The molecule has 0 radical (unpaired) electrons. The molecule has 78 valence electrons. The molecule has 0 amide bonds. The van der Waals surface area contributed by atoms with Crippen molar-refractivity contribution in [3.05, 3.63) is 35.4 Å². The summed E-state index contributed by atoms with van der Waals surface area (Å²) in [7, 11) is 0. The maximum absolute atomic E-state index is 10.5. The number of aliphatic carboxylic acids is 1. The standard InChI is InChI=1S/C10H7NO3.H3N/c11-6-8(10(13)14)5-7-1-3-9(12)4-2-7;/h1-5,12H,(H,13,14);1H3/p+1/b8-5+;. The summed E-state index contributed by atoms with van der Waals surface area (Å²) in [5, 5.41) is 26.0. The smallest absolute Gasteiger partial charge is 0.346 e. The zero-order valence-corrected chi connectivity index (χ0v) is 8.14. The molecule has 0 unspecified atom stereocenters. The van der Waals surface area contributed by atoms with Gasteiger partial charge in [0.25, 0.3) is 0 Å². The number of nitrogens with zero attached hydrogens (tertiary/aromatic N) is 1. The molecule has 5 heteroatoms. The molecule has 0 aliphatic heterocycles. The van der Waals surface area contributed by atoms with Gasteiger partial charge in [0, 0.05) is 0 Å². The Labute approximate surface area is 86.5 Å². The van der Waals surface area contributed by atoms with E-state index < -0.39 is 5.97 Å². The minimum Gasteiger partial charge on any atom is -0.508 e. The highest BCUT2D eigenvalue weighted by molar-refractivity contribution is 5.96. The predicted molar refractivity (Wildman–Crippen MR) is 55.3 cm³/mol. The Morgan fingerprint density at radius 2 is 1.87 bits per heavy atom. The van der Waals surface area contributed by atoms with Crippen molar-refractivity contribution in [2.24, 2.45) is 0 Å². The summed E-state index contributed by atoms with van der Waals surface area (Å²) in [5.74, 6) is -1.17. The second kappa shape index (κ2) is 5.42. The van der Waals surface area contributed by atoms with Crippen LogP contribution in [-0.2, 0) is 4.79 Å². The number of phenols is 1. The largest absolute Gasteiger partial charge is 0.508 e. The number of rotatable bonds is 2. The molecule has 15 heavy (non-hydrogen) atoms. The summed E-state index contributed by atoms with van der Waals surface area (Å²) >= 11 is 0. The Kier molecular flexibility index (Phi) is 4.58. The van der Waals surface area contributed by atoms with E-state index in [4.69, 9.17) is 15.5 Å². The van der Waals surface area contributed by atoms with Gasteiger partial charge in [0.2, 0.25) is 0 Å². The van der Waals surface area contributed by atoms with Crippen molar-refractivity contribution in [1.29, 1.82) is 5.26 Å². The highest BCUT2D eigenvalue weighted by Gasteiger charge is 2.04. The van der Waals surface area contributed by atoms with Crippen molar-refractivity contribution in [1.82, 2.24) is 6.15 Å². The van der Waals surface area contributed by atoms with Gasteiger partial charge >= 0.3 is 5.97 Å². The van der Waals surface area contributed by atoms with Gasteiger partial charge < -0.3 is 16.4 Å². The Hall–Kier alpha value is -2.32. The fourth-order valence-corrected chi connectivity index (χ4v) is 0.879. The first-order valence-corrected chi connectivity index (χ1v) is 3.77. The Morgan fingerprint density at radius 3 is 2.27 bits per heavy atom. The number of aromatic hydroxyl groups is 1. The van der Waals surface area contributed by atoms with Crippen molar-refractivity contribution in [3.8, 4) is 11.8 Å². The molecule has 5 nitrogen and oxygen atoms in total. The lowest BCUT2D eigenvalue weighted by Crippen LogP contribution is -1.97. The number of quaternary nitrogens is 1. The number of nitriles is 1. The van der Waals surface area contributed by atoms with Gasteiger partial charge in [-0.2, -0.15) is 5.26 Å². The first kappa shape index (κ1) is 12.7. The van der Waals surface area contributed by atoms with Crippen molar-refractivity contribution in [3.63, 3.8) is 0 Å². The summed E-state index contributed by atoms with van der Waals surface area (Å²) < 4.78 is 0. The van der Waals surface area contributed by atoms with E-state index in [-0.39, 0.29) is 17.5 Å². The van der Waals surface area contributed by atoms with E-state index >= 15 is 0 Å². The highest BCUT2D eigenvalue weighted by Crippen LogP contribution is 2.12. The molecule has 0 heterocycles. The van der Waals surface area contributed by atoms with Crippen molar-refractivity contribution in [2.45, 2.75) is 0 Å². The molecule has 0 aromatic heterocycles. The van der Waals surface area contributed by atoms with Crippen LogP contribution >= 0.6 is 0 Å². The second-order valence-electron chi connectivity index (χ2n) is 2.57. The molecule has 0 atom stereocenters. The van der Waals surface area contributed by atoms with E-state index in [1.807, 2.05) is 0 Å². The third-order valence-corrected chi connectivity index (χ3v) is 1.55. The van der Waals surface area contributed by atoms with Crippen LogP contribution in [0.3, 0.4) is 0 Å². The number of carboxylic acids is 1. The average Bonchev–Trinajstić information content (AvgIpc) is 2.16. The van der Waals surface area contributed by atoms with Gasteiger partial charge in [-0.15, -0.1) is 0 Å². The fourth-order valence-electron chi connectivity index (χ4n) is 0.879. The number of hydrogen-bond acceptors (Lipinski definition) is 3. The number of carbonyl (C=O) groups is 1. The summed E-state index contributed by atoms with van der Waals surface area (Å²) in [6, 6.07) is 7.45. The number of carboxylic acid groups (broad SMARTS) is 1. The second-order valence-corrected chi connectivity index (χ2v) is 2.57. The van der Waals surface area contributed by atoms with E-state index in [9.17, 15) is 4.79 Å². The van der Waals surface area contributed by atoms with E-state index in [0.717, 1.165) is 0 Å². The highest BCUT2D eigenvalue weighted by atomic mass is 16.4. The first-order chi connectivity index (χ1) is 6.63. The molecular weight excluding hydrogens is 196 g/mol. The molecule has 0 aliphatic rings. The van der Waals surface area contributed by atoms with Crippen molar-refractivity contribution < 1.29 is 15.0 Å². The normalized spacial score (nSPS) is 9.93. The van der Waals surface area contributed by atoms with E-state index in [2.05, 4.69) is 0 Å². The third-order valence-electron chi connectivity index (χ3n) is 1.55. The quantitative estimate of drug-likeness (QED) is 0.505. The molecule has 0 spiro atoms. The Balaban J connectivity index is 0.00000196. The number of hydrogen-bond donors (Lipinski definition) is 3. The van der Waals surface area contributed by atoms with Gasteiger partial charge in [-0.25, -0.2) is 4.79 Å². The lowest BCUT2D eigenvalue weighted by Gasteiger charge is -1.94. The van der Waals surface area contributed by atoms with Crippen LogP contribution in [0.1, 0.15) is 5.56 Å². The summed E-state index contributed by atoms with van der Waals surface area (Å²) in [5.41, 5.74) is 0.220. The number of benzene rings is 1. The zero-order valence-electron chi connectivity index (χ0n) is 8.14. The van der Waals surface area contributed by atoms with Crippen LogP contribution in [0, 0.1) is 11.3 Å². The topological polar surface area (TPSA) is 118 Å². The van der Waals surface area contributed by atoms with Gasteiger partial charge in [-0.05, 0) is 23.8 Å². The van der Waals surface area contributed by atoms with Crippen LogP contribution in [0.25, 0.3) is 6.08 Å². The Morgan fingerprint density at radius 1 is 1.33 bits per heavy atom. The van der Waals surface area contributed by atoms with Crippen molar-refractivity contribution >= 4 is 12.0 Å². The minimum absolute atomic E-state index is 0. The lowest BCUT2D eigenvalue weighted by atomic mass is 10.1. The molecule has 6 N–H and O–H groups in total. The number of phenolic OH excluding ortho intramolecular Hbond substituents is 1. The van der Waals surface area contributed by atoms with E-state index in [1.165, 1.54) is 30.3 Å². The van der Waals surface area contributed by atoms with Gasteiger partial charge in [-0.3, -0.25) is 0 Å². The molecule has 0 aliphatic carbocycles. The van der Waals surface area contributed by atoms with Crippen LogP contribution in [-0.4, -0.2) is 16.2 Å². The molecule has 0 bridgehead atoms. The minimum atomic E-state index is -1.26. The monoisotopic (exact) mass is 207 g/mol.